The second-order valence-corrected chi connectivity index (χ2v) is 4.30. The summed E-state index contributed by atoms with van der Waals surface area (Å²) in [7, 11) is 1.65. The van der Waals surface area contributed by atoms with Crippen molar-refractivity contribution in [1.82, 2.24) is 4.90 Å². The van der Waals surface area contributed by atoms with Crippen LogP contribution in [0.1, 0.15) is 12.8 Å². The summed E-state index contributed by atoms with van der Waals surface area (Å²) in [5, 5.41) is 0. The van der Waals surface area contributed by atoms with Crippen molar-refractivity contribution in [3.05, 3.63) is 24.3 Å². The van der Waals surface area contributed by atoms with Crippen LogP contribution in [-0.2, 0) is 0 Å². The first kappa shape index (κ1) is 12.8. The van der Waals surface area contributed by atoms with Crippen molar-refractivity contribution in [2.75, 3.05) is 33.4 Å². The summed E-state index contributed by atoms with van der Waals surface area (Å²) in [5.41, 5.74) is 0. The number of rotatable bonds is 4. The molecule has 1 aliphatic rings. The van der Waals surface area contributed by atoms with Crippen LogP contribution < -0.4 is 9.47 Å². The Morgan fingerprint density at radius 1 is 1.06 bits per heavy atom. The molecule has 2 rings (SSSR count). The van der Waals surface area contributed by atoms with E-state index in [4.69, 9.17) is 9.47 Å². The molecule has 0 aliphatic carbocycles. The van der Waals surface area contributed by atoms with E-state index in [0.29, 0.717) is 6.61 Å². The fourth-order valence-electron chi connectivity index (χ4n) is 1.95. The van der Waals surface area contributed by atoms with E-state index in [9.17, 15) is 0 Å². The van der Waals surface area contributed by atoms with Crippen molar-refractivity contribution in [1.29, 1.82) is 0 Å². The van der Waals surface area contributed by atoms with Crippen molar-refractivity contribution >= 4 is 0 Å². The van der Waals surface area contributed by atoms with Gasteiger partial charge in [-0.2, -0.15) is 0 Å². The third-order valence-electron chi connectivity index (χ3n) is 3.00. The van der Waals surface area contributed by atoms with Gasteiger partial charge in [-0.3, -0.25) is 4.90 Å². The number of hydrogen-bond donors (Lipinski definition) is 0. The Hall–Kier alpha value is -1.66. The highest BCUT2D eigenvalue weighted by molar-refractivity contribution is 5.31. The predicted octanol–water partition coefficient (Wildman–Crippen LogP) is 2.17. The normalized spacial score (nSPS) is 14.9. The minimum atomic E-state index is 0.445. The lowest BCUT2D eigenvalue weighted by Gasteiger charge is -2.08. The van der Waals surface area contributed by atoms with Crippen LogP contribution in [-0.4, -0.2) is 38.3 Å². The summed E-state index contributed by atoms with van der Waals surface area (Å²) >= 11 is 0. The van der Waals surface area contributed by atoms with E-state index in [-0.39, 0.29) is 0 Å². The first-order valence-corrected chi connectivity index (χ1v) is 6.33. The third-order valence-corrected chi connectivity index (χ3v) is 3.00. The summed E-state index contributed by atoms with van der Waals surface area (Å²) in [4.78, 5) is 2.38. The van der Waals surface area contributed by atoms with Gasteiger partial charge in [0.2, 0.25) is 0 Å². The number of likely N-dealkylation sites (tertiary alicyclic amines) is 1. The van der Waals surface area contributed by atoms with Crippen LogP contribution in [0.5, 0.6) is 11.5 Å². The lowest BCUT2D eigenvalue weighted by molar-refractivity contribution is 0.365. The van der Waals surface area contributed by atoms with Gasteiger partial charge in [-0.25, -0.2) is 0 Å². The summed E-state index contributed by atoms with van der Waals surface area (Å²) in [6.45, 7) is 3.69. The molecule has 0 radical (unpaired) electrons. The van der Waals surface area contributed by atoms with Gasteiger partial charge in [0.1, 0.15) is 18.1 Å². The van der Waals surface area contributed by atoms with Crippen LogP contribution >= 0.6 is 0 Å². The molecule has 0 N–H and O–H groups in total. The Morgan fingerprint density at radius 3 is 2.39 bits per heavy atom. The van der Waals surface area contributed by atoms with Gasteiger partial charge in [-0.1, -0.05) is 11.8 Å². The fraction of sp³-hybridized carbons (Fsp3) is 0.467. The van der Waals surface area contributed by atoms with Gasteiger partial charge in [0.25, 0.3) is 0 Å². The van der Waals surface area contributed by atoms with E-state index in [1.165, 1.54) is 25.9 Å². The van der Waals surface area contributed by atoms with Crippen LogP contribution in [0.4, 0.5) is 0 Å². The average Bonchev–Trinajstić information content (AvgIpc) is 2.92. The van der Waals surface area contributed by atoms with Crippen molar-refractivity contribution in [3.8, 4) is 23.3 Å². The largest absolute Gasteiger partial charge is 0.497 e. The molecule has 0 amide bonds. The smallest absolute Gasteiger partial charge is 0.149 e. The molecule has 0 bridgehead atoms. The highest BCUT2D eigenvalue weighted by Crippen LogP contribution is 2.16. The zero-order chi connectivity index (χ0) is 12.6. The molecule has 0 spiro atoms. The average molecular weight is 245 g/mol. The number of methoxy groups -OCH3 is 1. The van der Waals surface area contributed by atoms with Crippen LogP contribution in [0.2, 0.25) is 0 Å². The zero-order valence-electron chi connectivity index (χ0n) is 10.8. The molecule has 3 heteroatoms. The van der Waals surface area contributed by atoms with E-state index in [0.717, 1.165) is 18.0 Å². The Bertz CT molecular complexity index is 410. The molecular formula is C15H19NO2. The summed E-state index contributed by atoms with van der Waals surface area (Å²) < 4.78 is 10.6. The molecule has 1 aromatic rings. The Morgan fingerprint density at radius 2 is 1.72 bits per heavy atom. The first-order valence-electron chi connectivity index (χ1n) is 6.33. The number of hydrogen-bond acceptors (Lipinski definition) is 3. The highest BCUT2D eigenvalue weighted by Gasteiger charge is 2.08. The molecule has 1 aromatic carbocycles. The molecule has 1 heterocycles. The Kier molecular flexibility index (Phi) is 4.92. The highest BCUT2D eigenvalue weighted by atomic mass is 16.5. The lowest BCUT2D eigenvalue weighted by Crippen LogP contribution is -2.19. The van der Waals surface area contributed by atoms with Gasteiger partial charge < -0.3 is 9.47 Å². The molecule has 0 saturated carbocycles. The molecule has 0 aromatic heterocycles. The molecule has 1 fully saturated rings. The zero-order valence-corrected chi connectivity index (χ0v) is 10.8. The summed E-state index contributed by atoms with van der Waals surface area (Å²) in [6, 6.07) is 7.54. The summed E-state index contributed by atoms with van der Waals surface area (Å²) in [5.74, 6) is 7.85. The van der Waals surface area contributed by atoms with Gasteiger partial charge in [0, 0.05) is 0 Å². The maximum absolute atomic E-state index is 5.52. The standard InChI is InChI=1S/C15H19NO2/c1-17-14-6-8-15(9-7-14)18-13-5-4-12-16-10-2-3-11-16/h6-9H,2-3,10-13H2,1H3. The van der Waals surface area contributed by atoms with Crippen LogP contribution in [0.3, 0.4) is 0 Å². The van der Waals surface area contributed by atoms with Gasteiger partial charge in [-0.15, -0.1) is 0 Å². The molecule has 18 heavy (non-hydrogen) atoms. The SMILES string of the molecule is COc1ccc(OCC#CCN2CCCC2)cc1. The van der Waals surface area contributed by atoms with E-state index in [1.807, 2.05) is 24.3 Å². The monoisotopic (exact) mass is 245 g/mol. The summed E-state index contributed by atoms with van der Waals surface area (Å²) in [6.07, 6.45) is 2.62. The quantitative estimate of drug-likeness (QED) is 0.759. The molecule has 1 aliphatic heterocycles. The fourth-order valence-corrected chi connectivity index (χ4v) is 1.95. The maximum Gasteiger partial charge on any atom is 0.149 e. The van der Waals surface area contributed by atoms with Crippen molar-refractivity contribution in [2.45, 2.75) is 12.8 Å². The molecule has 1 saturated heterocycles. The van der Waals surface area contributed by atoms with E-state index < -0.39 is 0 Å². The lowest BCUT2D eigenvalue weighted by atomic mass is 10.3. The number of ether oxygens (including phenoxy) is 2. The molecule has 0 atom stereocenters. The Labute approximate surface area is 109 Å². The molecular weight excluding hydrogens is 226 g/mol. The van der Waals surface area contributed by atoms with Gasteiger partial charge >= 0.3 is 0 Å². The minimum Gasteiger partial charge on any atom is -0.497 e. The topological polar surface area (TPSA) is 21.7 Å². The third kappa shape index (κ3) is 3.97. The maximum atomic E-state index is 5.52. The molecule has 96 valence electrons. The number of nitrogens with zero attached hydrogens (tertiary/aromatic N) is 1. The van der Waals surface area contributed by atoms with Crippen LogP contribution in [0, 0.1) is 11.8 Å². The molecule has 3 nitrogen and oxygen atoms in total. The second-order valence-electron chi connectivity index (χ2n) is 4.30. The predicted molar refractivity (Wildman–Crippen MR) is 71.9 cm³/mol. The van der Waals surface area contributed by atoms with Gasteiger partial charge in [-0.05, 0) is 50.2 Å². The van der Waals surface area contributed by atoms with Crippen molar-refractivity contribution in [3.63, 3.8) is 0 Å². The first-order chi connectivity index (χ1) is 8.88. The van der Waals surface area contributed by atoms with E-state index in [1.54, 1.807) is 7.11 Å². The minimum absolute atomic E-state index is 0.445. The van der Waals surface area contributed by atoms with Crippen molar-refractivity contribution in [2.24, 2.45) is 0 Å². The van der Waals surface area contributed by atoms with Crippen molar-refractivity contribution < 1.29 is 9.47 Å². The van der Waals surface area contributed by atoms with Gasteiger partial charge in [0.15, 0.2) is 0 Å². The van der Waals surface area contributed by atoms with Crippen LogP contribution in [0.15, 0.2) is 24.3 Å². The number of benzene rings is 1. The molecule has 0 unspecified atom stereocenters. The Balaban J connectivity index is 1.69. The van der Waals surface area contributed by atoms with E-state index in [2.05, 4.69) is 16.7 Å². The van der Waals surface area contributed by atoms with E-state index >= 15 is 0 Å². The van der Waals surface area contributed by atoms with Crippen LogP contribution in [0.25, 0.3) is 0 Å². The second kappa shape index (κ2) is 6.93. The van der Waals surface area contributed by atoms with Gasteiger partial charge in [0.05, 0.1) is 13.7 Å².